The van der Waals surface area contributed by atoms with Gasteiger partial charge in [0, 0.05) is 14.1 Å². The van der Waals surface area contributed by atoms with Crippen LogP contribution in [-0.4, -0.2) is 31.5 Å². The maximum Gasteiger partial charge on any atom is 0.332 e. The van der Waals surface area contributed by atoms with Gasteiger partial charge in [0.25, 0.3) is 5.56 Å². The summed E-state index contributed by atoms with van der Waals surface area (Å²) in [7, 11) is 3.06. The number of aromatic nitrogens is 4. The van der Waals surface area contributed by atoms with Gasteiger partial charge in [-0.05, 0) is 49.2 Å². The Bertz CT molecular complexity index is 1440. The van der Waals surface area contributed by atoms with E-state index in [-0.39, 0.29) is 0 Å². The van der Waals surface area contributed by atoms with Crippen molar-refractivity contribution in [3.63, 3.8) is 0 Å². The van der Waals surface area contributed by atoms with Crippen molar-refractivity contribution in [3.05, 3.63) is 86.1 Å². The van der Waals surface area contributed by atoms with Crippen LogP contribution in [0, 0.1) is 6.92 Å². The fourth-order valence-electron chi connectivity index (χ4n) is 3.66. The summed E-state index contributed by atoms with van der Waals surface area (Å²) in [6.45, 7) is 4.95. The zero-order chi connectivity index (χ0) is 23.5. The fraction of sp³-hybridized carbons (Fsp3) is 0.250. The summed E-state index contributed by atoms with van der Waals surface area (Å²) in [5.74, 6) is 1.16. The minimum Gasteiger partial charge on any atom is -0.494 e. The van der Waals surface area contributed by atoms with E-state index < -0.39 is 11.2 Å². The van der Waals surface area contributed by atoms with Crippen LogP contribution in [0.3, 0.4) is 0 Å². The molecule has 0 unspecified atom stereocenters. The lowest BCUT2D eigenvalue weighted by molar-refractivity contribution is 0.340. The van der Waals surface area contributed by atoms with Crippen molar-refractivity contribution < 1.29 is 4.74 Å². The van der Waals surface area contributed by atoms with Crippen LogP contribution in [-0.2, 0) is 20.6 Å². The molecule has 0 aliphatic heterocycles. The molecule has 0 radical (unpaired) electrons. The maximum atomic E-state index is 13.0. The predicted molar refractivity (Wildman–Crippen MR) is 129 cm³/mol. The molecule has 2 aromatic heterocycles. The van der Waals surface area contributed by atoms with Gasteiger partial charge < -0.3 is 4.74 Å². The molecule has 0 fully saturated rings. The molecule has 9 nitrogen and oxygen atoms in total. The summed E-state index contributed by atoms with van der Waals surface area (Å²) in [6.07, 6.45) is 1.66. The van der Waals surface area contributed by atoms with Crippen molar-refractivity contribution in [1.82, 2.24) is 18.7 Å². The number of rotatable bonds is 7. The van der Waals surface area contributed by atoms with Gasteiger partial charge >= 0.3 is 5.69 Å². The molecule has 33 heavy (non-hydrogen) atoms. The van der Waals surface area contributed by atoms with Crippen molar-refractivity contribution in [2.45, 2.75) is 20.4 Å². The zero-order valence-electron chi connectivity index (χ0n) is 19.1. The first-order valence-electron chi connectivity index (χ1n) is 10.6. The monoisotopic (exact) mass is 446 g/mol. The third-order valence-electron chi connectivity index (χ3n) is 5.34. The van der Waals surface area contributed by atoms with E-state index in [1.807, 2.05) is 62.4 Å². The van der Waals surface area contributed by atoms with E-state index >= 15 is 0 Å². The molecule has 0 saturated heterocycles. The summed E-state index contributed by atoms with van der Waals surface area (Å²) < 4.78 is 9.66. The number of nitrogens with one attached hydrogen (secondary N) is 1. The molecule has 0 saturated carbocycles. The lowest BCUT2D eigenvalue weighted by Crippen LogP contribution is -2.37. The molecule has 0 aliphatic rings. The third-order valence-corrected chi connectivity index (χ3v) is 5.34. The van der Waals surface area contributed by atoms with Crippen molar-refractivity contribution in [3.8, 4) is 5.75 Å². The van der Waals surface area contributed by atoms with Gasteiger partial charge in [-0.2, -0.15) is 10.1 Å². The van der Waals surface area contributed by atoms with Gasteiger partial charge in [-0.3, -0.25) is 18.5 Å². The van der Waals surface area contributed by atoms with Crippen LogP contribution >= 0.6 is 0 Å². The van der Waals surface area contributed by atoms with E-state index in [4.69, 9.17) is 4.74 Å². The highest BCUT2D eigenvalue weighted by Crippen LogP contribution is 2.19. The summed E-state index contributed by atoms with van der Waals surface area (Å²) in [5, 5.41) is 4.31. The Hall–Kier alpha value is -4.14. The van der Waals surface area contributed by atoms with Gasteiger partial charge in [-0.1, -0.05) is 29.8 Å². The smallest absolute Gasteiger partial charge is 0.332 e. The van der Waals surface area contributed by atoms with Gasteiger partial charge in [0.05, 0.1) is 19.4 Å². The average molecular weight is 447 g/mol. The topological polar surface area (TPSA) is 95.4 Å². The molecule has 0 aliphatic carbocycles. The highest BCUT2D eigenvalue weighted by molar-refractivity contribution is 5.80. The Morgan fingerprint density at radius 1 is 1.09 bits per heavy atom. The maximum absolute atomic E-state index is 13.0. The second-order valence-corrected chi connectivity index (χ2v) is 7.76. The average Bonchev–Trinajstić information content (AvgIpc) is 3.16. The Morgan fingerprint density at radius 2 is 1.85 bits per heavy atom. The van der Waals surface area contributed by atoms with Crippen LogP contribution in [0.2, 0.25) is 0 Å². The number of anilines is 1. The Balaban J connectivity index is 1.74. The van der Waals surface area contributed by atoms with Crippen LogP contribution in [0.15, 0.2) is 63.2 Å². The predicted octanol–water partition coefficient (Wildman–Crippen LogP) is 2.64. The molecular formula is C24H26N6O3. The summed E-state index contributed by atoms with van der Waals surface area (Å²) in [6, 6.07) is 15.5. The number of imidazole rings is 1. The minimum absolute atomic E-state index is 0.300. The van der Waals surface area contributed by atoms with Crippen LogP contribution in [0.4, 0.5) is 5.95 Å². The summed E-state index contributed by atoms with van der Waals surface area (Å²) in [4.78, 5) is 29.9. The molecule has 9 heteroatoms. The first-order valence-corrected chi connectivity index (χ1v) is 10.6. The minimum atomic E-state index is -0.433. The van der Waals surface area contributed by atoms with Crippen LogP contribution < -0.4 is 21.4 Å². The third kappa shape index (κ3) is 4.43. The van der Waals surface area contributed by atoms with Gasteiger partial charge in [0.2, 0.25) is 5.95 Å². The van der Waals surface area contributed by atoms with Gasteiger partial charge in [-0.25, -0.2) is 10.2 Å². The first kappa shape index (κ1) is 22.1. The lowest BCUT2D eigenvalue weighted by Gasteiger charge is -2.10. The molecule has 0 spiro atoms. The Labute approximate surface area is 190 Å². The fourth-order valence-corrected chi connectivity index (χ4v) is 3.66. The van der Waals surface area contributed by atoms with Crippen molar-refractivity contribution >= 4 is 23.3 Å². The Kier molecular flexibility index (Phi) is 6.12. The zero-order valence-corrected chi connectivity index (χ0v) is 19.1. The molecule has 2 heterocycles. The number of benzene rings is 2. The molecule has 0 atom stereocenters. The van der Waals surface area contributed by atoms with E-state index in [9.17, 15) is 9.59 Å². The van der Waals surface area contributed by atoms with Gasteiger partial charge in [0.15, 0.2) is 11.2 Å². The molecule has 0 amide bonds. The molecule has 2 aromatic carbocycles. The molecule has 170 valence electrons. The van der Waals surface area contributed by atoms with Crippen LogP contribution in [0.5, 0.6) is 5.75 Å². The number of aryl methyl sites for hydroxylation is 2. The second-order valence-electron chi connectivity index (χ2n) is 7.76. The molecule has 4 rings (SSSR count). The number of hydrogen-bond acceptors (Lipinski definition) is 6. The molecule has 1 N–H and O–H groups in total. The number of hydrazone groups is 1. The van der Waals surface area contributed by atoms with Crippen molar-refractivity contribution in [2.24, 2.45) is 19.2 Å². The van der Waals surface area contributed by atoms with Crippen LogP contribution in [0.25, 0.3) is 11.2 Å². The SMILES string of the molecule is CCOc1ccc(C=NNc2nc3c(c(=O)n(C)c(=O)n3C)n2Cc2cccc(C)c2)cc1. The van der Waals surface area contributed by atoms with Gasteiger partial charge in [0.1, 0.15) is 5.75 Å². The number of nitrogens with zero attached hydrogens (tertiary/aromatic N) is 5. The molecule has 4 aromatic rings. The highest BCUT2D eigenvalue weighted by atomic mass is 16.5. The van der Waals surface area contributed by atoms with Crippen LogP contribution in [0.1, 0.15) is 23.6 Å². The van der Waals surface area contributed by atoms with E-state index in [1.54, 1.807) is 17.8 Å². The second kappa shape index (κ2) is 9.15. The summed E-state index contributed by atoms with van der Waals surface area (Å²) in [5.41, 5.74) is 5.73. The number of hydrogen-bond donors (Lipinski definition) is 1. The molecule has 0 bridgehead atoms. The number of fused-ring (bicyclic) bond motifs is 1. The molecular weight excluding hydrogens is 420 g/mol. The normalized spacial score (nSPS) is 11.4. The summed E-state index contributed by atoms with van der Waals surface area (Å²) >= 11 is 0. The lowest BCUT2D eigenvalue weighted by atomic mass is 10.1. The standard InChI is InChI=1S/C24H26N6O3/c1-5-33-19-11-9-17(10-12-19)14-25-27-23-26-21-20(22(31)29(4)24(32)28(21)3)30(23)15-18-8-6-7-16(2)13-18/h6-14H,5,15H2,1-4H3,(H,26,27). The van der Waals surface area contributed by atoms with Crippen molar-refractivity contribution in [1.29, 1.82) is 0 Å². The van der Waals surface area contributed by atoms with Gasteiger partial charge in [-0.15, -0.1) is 0 Å². The van der Waals surface area contributed by atoms with Crippen molar-refractivity contribution in [2.75, 3.05) is 12.0 Å². The largest absolute Gasteiger partial charge is 0.494 e. The van der Waals surface area contributed by atoms with E-state index in [2.05, 4.69) is 15.5 Å². The van der Waals surface area contributed by atoms with E-state index in [0.29, 0.717) is 30.3 Å². The van der Waals surface area contributed by atoms with E-state index in [0.717, 1.165) is 27.0 Å². The number of ether oxygens (including phenoxy) is 1. The highest BCUT2D eigenvalue weighted by Gasteiger charge is 2.19. The first-order chi connectivity index (χ1) is 15.9. The van der Waals surface area contributed by atoms with E-state index in [1.165, 1.54) is 11.6 Å². The quantitative estimate of drug-likeness (QED) is 0.348. The Morgan fingerprint density at radius 3 is 2.55 bits per heavy atom.